The van der Waals surface area contributed by atoms with Crippen LogP contribution in [-0.4, -0.2) is 20.1 Å². The number of hydrogen-bond acceptors (Lipinski definition) is 2. The first kappa shape index (κ1) is 15.0. The first-order chi connectivity index (χ1) is 8.65. The number of anilines is 1. The Morgan fingerprint density at radius 3 is 2.33 bits per heavy atom. The van der Waals surface area contributed by atoms with E-state index >= 15 is 0 Å². The molecule has 0 aromatic heterocycles. The number of aryl methyl sites for hydroxylation is 2. The number of rotatable bonds is 8. The Morgan fingerprint density at radius 2 is 1.67 bits per heavy atom. The predicted molar refractivity (Wildman–Crippen MR) is 81.3 cm³/mol. The standard InChI is InChI=1S/C16H28N2/c1-14-9-10-16(15(2)13-14)18(3)12-8-6-4-5-7-11-17/h9-10,13H,4-8,11-12,17H2,1-3H3. The van der Waals surface area contributed by atoms with Gasteiger partial charge in [0, 0.05) is 19.3 Å². The zero-order valence-electron chi connectivity index (χ0n) is 12.2. The van der Waals surface area contributed by atoms with Gasteiger partial charge in [0.15, 0.2) is 0 Å². The van der Waals surface area contributed by atoms with Crippen molar-refractivity contribution >= 4 is 5.69 Å². The second kappa shape index (κ2) is 8.15. The highest BCUT2D eigenvalue weighted by Gasteiger charge is 2.04. The van der Waals surface area contributed by atoms with E-state index in [1.165, 1.54) is 48.9 Å². The van der Waals surface area contributed by atoms with Gasteiger partial charge in [-0.15, -0.1) is 0 Å². The maximum absolute atomic E-state index is 5.49. The van der Waals surface area contributed by atoms with Gasteiger partial charge in [-0.1, -0.05) is 37.0 Å². The highest BCUT2D eigenvalue weighted by molar-refractivity contribution is 5.53. The fourth-order valence-electron chi connectivity index (χ4n) is 2.38. The lowest BCUT2D eigenvalue weighted by Crippen LogP contribution is -2.19. The number of benzene rings is 1. The third-order valence-electron chi connectivity index (χ3n) is 3.46. The fraction of sp³-hybridized carbons (Fsp3) is 0.625. The van der Waals surface area contributed by atoms with E-state index in [0.717, 1.165) is 13.1 Å². The molecule has 102 valence electrons. The average molecular weight is 248 g/mol. The van der Waals surface area contributed by atoms with Crippen LogP contribution in [-0.2, 0) is 0 Å². The van der Waals surface area contributed by atoms with Gasteiger partial charge in [0.1, 0.15) is 0 Å². The Bertz CT molecular complexity index is 347. The minimum atomic E-state index is 0.836. The van der Waals surface area contributed by atoms with Crippen molar-refractivity contribution in [1.82, 2.24) is 0 Å². The number of unbranched alkanes of at least 4 members (excludes halogenated alkanes) is 4. The molecule has 0 saturated heterocycles. The van der Waals surface area contributed by atoms with Crippen LogP contribution in [0, 0.1) is 13.8 Å². The molecule has 0 amide bonds. The molecule has 0 atom stereocenters. The van der Waals surface area contributed by atoms with E-state index in [2.05, 4.69) is 44.0 Å². The molecule has 2 nitrogen and oxygen atoms in total. The van der Waals surface area contributed by atoms with Crippen LogP contribution < -0.4 is 10.6 Å². The zero-order valence-corrected chi connectivity index (χ0v) is 12.2. The Hall–Kier alpha value is -1.02. The molecule has 1 rings (SSSR count). The smallest absolute Gasteiger partial charge is 0.0393 e. The molecule has 0 fully saturated rings. The van der Waals surface area contributed by atoms with Gasteiger partial charge in [-0.25, -0.2) is 0 Å². The molecule has 18 heavy (non-hydrogen) atoms. The lowest BCUT2D eigenvalue weighted by molar-refractivity contribution is 0.616. The Balaban J connectivity index is 2.29. The quantitative estimate of drug-likeness (QED) is 0.712. The van der Waals surface area contributed by atoms with E-state index in [-0.39, 0.29) is 0 Å². The van der Waals surface area contributed by atoms with Gasteiger partial charge in [0.25, 0.3) is 0 Å². The number of nitrogens with zero attached hydrogens (tertiary/aromatic N) is 1. The molecule has 0 unspecified atom stereocenters. The fourth-order valence-corrected chi connectivity index (χ4v) is 2.38. The molecule has 1 aromatic carbocycles. The molecular formula is C16H28N2. The van der Waals surface area contributed by atoms with Crippen LogP contribution in [0.25, 0.3) is 0 Å². The van der Waals surface area contributed by atoms with Crippen molar-refractivity contribution in [1.29, 1.82) is 0 Å². The number of nitrogens with two attached hydrogens (primary N) is 1. The summed E-state index contributed by atoms with van der Waals surface area (Å²) in [5.41, 5.74) is 9.57. The molecule has 1 aromatic rings. The lowest BCUT2D eigenvalue weighted by Gasteiger charge is -2.21. The highest BCUT2D eigenvalue weighted by atomic mass is 15.1. The largest absolute Gasteiger partial charge is 0.374 e. The average Bonchev–Trinajstić information content (AvgIpc) is 2.33. The van der Waals surface area contributed by atoms with E-state index in [1.54, 1.807) is 0 Å². The van der Waals surface area contributed by atoms with Crippen molar-refractivity contribution in [2.75, 3.05) is 25.0 Å². The molecule has 2 heteroatoms. The van der Waals surface area contributed by atoms with Crippen molar-refractivity contribution in [3.05, 3.63) is 29.3 Å². The second-order valence-electron chi connectivity index (χ2n) is 5.27. The van der Waals surface area contributed by atoms with Crippen molar-refractivity contribution in [3.63, 3.8) is 0 Å². The summed E-state index contributed by atoms with van der Waals surface area (Å²) in [7, 11) is 2.19. The molecule has 0 radical (unpaired) electrons. The monoisotopic (exact) mass is 248 g/mol. The first-order valence-corrected chi connectivity index (χ1v) is 7.13. The molecule has 0 saturated carbocycles. The molecule has 0 bridgehead atoms. The molecule has 0 aliphatic heterocycles. The van der Waals surface area contributed by atoms with Crippen LogP contribution in [0.1, 0.15) is 43.2 Å². The van der Waals surface area contributed by atoms with Gasteiger partial charge in [0.2, 0.25) is 0 Å². The maximum atomic E-state index is 5.49. The van der Waals surface area contributed by atoms with Crippen LogP contribution in [0.15, 0.2) is 18.2 Å². The summed E-state index contributed by atoms with van der Waals surface area (Å²) in [6.45, 7) is 6.32. The first-order valence-electron chi connectivity index (χ1n) is 7.13. The van der Waals surface area contributed by atoms with Crippen LogP contribution >= 0.6 is 0 Å². The maximum Gasteiger partial charge on any atom is 0.0393 e. The summed E-state index contributed by atoms with van der Waals surface area (Å²) in [4.78, 5) is 2.37. The van der Waals surface area contributed by atoms with Crippen molar-refractivity contribution in [3.8, 4) is 0 Å². The third kappa shape index (κ3) is 5.09. The minimum absolute atomic E-state index is 0.836. The van der Waals surface area contributed by atoms with Crippen LogP contribution in [0.4, 0.5) is 5.69 Å². The molecule has 2 N–H and O–H groups in total. The second-order valence-corrected chi connectivity index (χ2v) is 5.27. The van der Waals surface area contributed by atoms with E-state index in [1.807, 2.05) is 0 Å². The SMILES string of the molecule is Cc1ccc(N(C)CCCCCCCN)c(C)c1. The Kier molecular flexibility index (Phi) is 6.81. The van der Waals surface area contributed by atoms with Gasteiger partial charge >= 0.3 is 0 Å². The van der Waals surface area contributed by atoms with Gasteiger partial charge in [-0.05, 0) is 44.9 Å². The van der Waals surface area contributed by atoms with Crippen LogP contribution in [0.2, 0.25) is 0 Å². The van der Waals surface area contributed by atoms with Gasteiger partial charge in [0.05, 0.1) is 0 Å². The van der Waals surface area contributed by atoms with Crippen LogP contribution in [0.5, 0.6) is 0 Å². The zero-order chi connectivity index (χ0) is 13.4. The van der Waals surface area contributed by atoms with Gasteiger partial charge < -0.3 is 10.6 Å². The normalized spacial score (nSPS) is 10.7. The Labute approximate surface area is 112 Å². The third-order valence-corrected chi connectivity index (χ3v) is 3.46. The Morgan fingerprint density at radius 1 is 1.00 bits per heavy atom. The minimum Gasteiger partial charge on any atom is -0.374 e. The lowest BCUT2D eigenvalue weighted by atomic mass is 10.1. The van der Waals surface area contributed by atoms with Crippen molar-refractivity contribution in [2.24, 2.45) is 5.73 Å². The van der Waals surface area contributed by atoms with Crippen molar-refractivity contribution in [2.45, 2.75) is 46.0 Å². The van der Waals surface area contributed by atoms with E-state index < -0.39 is 0 Å². The van der Waals surface area contributed by atoms with Gasteiger partial charge in [-0.2, -0.15) is 0 Å². The topological polar surface area (TPSA) is 29.3 Å². The summed E-state index contributed by atoms with van der Waals surface area (Å²) in [6.07, 6.45) is 6.36. The van der Waals surface area contributed by atoms with Crippen molar-refractivity contribution < 1.29 is 0 Å². The molecule has 0 spiro atoms. The summed E-state index contributed by atoms with van der Waals surface area (Å²) in [5, 5.41) is 0. The van der Waals surface area contributed by atoms with E-state index in [0.29, 0.717) is 0 Å². The number of hydrogen-bond donors (Lipinski definition) is 1. The molecule has 0 aliphatic carbocycles. The van der Waals surface area contributed by atoms with Crippen LogP contribution in [0.3, 0.4) is 0 Å². The molecular weight excluding hydrogens is 220 g/mol. The summed E-state index contributed by atoms with van der Waals surface area (Å²) < 4.78 is 0. The van der Waals surface area contributed by atoms with E-state index in [4.69, 9.17) is 5.73 Å². The molecule has 0 aliphatic rings. The summed E-state index contributed by atoms with van der Waals surface area (Å²) in [5.74, 6) is 0. The summed E-state index contributed by atoms with van der Waals surface area (Å²) in [6, 6.07) is 6.69. The van der Waals surface area contributed by atoms with E-state index in [9.17, 15) is 0 Å². The predicted octanol–water partition coefficient (Wildman–Crippen LogP) is 3.65. The summed E-state index contributed by atoms with van der Waals surface area (Å²) >= 11 is 0. The van der Waals surface area contributed by atoms with Gasteiger partial charge in [-0.3, -0.25) is 0 Å². The highest BCUT2D eigenvalue weighted by Crippen LogP contribution is 2.20. The molecule has 0 heterocycles.